The standard InChI is InChI=1S/C11H11F4N/c1-7(2-3-16)8-4-9(11(13,14)15)6-10(12)5-8/h4-6H,1-3,16H2. The van der Waals surface area contributed by atoms with Crippen molar-refractivity contribution in [2.24, 2.45) is 5.73 Å². The zero-order valence-corrected chi connectivity index (χ0v) is 8.44. The van der Waals surface area contributed by atoms with Gasteiger partial charge in [-0.1, -0.05) is 6.58 Å². The fraction of sp³-hybridized carbons (Fsp3) is 0.273. The average molecular weight is 233 g/mol. The molecule has 0 aromatic heterocycles. The molecule has 2 N–H and O–H groups in total. The van der Waals surface area contributed by atoms with Gasteiger partial charge in [-0.05, 0) is 42.3 Å². The lowest BCUT2D eigenvalue weighted by atomic mass is 10.0. The van der Waals surface area contributed by atoms with E-state index in [4.69, 9.17) is 5.73 Å². The molecule has 0 bridgehead atoms. The Hall–Kier alpha value is -1.36. The molecule has 0 aliphatic carbocycles. The minimum absolute atomic E-state index is 0.137. The van der Waals surface area contributed by atoms with Crippen LogP contribution < -0.4 is 5.73 Å². The number of alkyl halides is 3. The molecule has 1 rings (SSSR count). The molecule has 0 heterocycles. The Labute approximate surface area is 90.6 Å². The maximum atomic E-state index is 13.0. The second-order valence-corrected chi connectivity index (χ2v) is 3.37. The van der Waals surface area contributed by atoms with Crippen LogP contribution in [0.5, 0.6) is 0 Å². The van der Waals surface area contributed by atoms with Gasteiger partial charge < -0.3 is 5.73 Å². The number of hydrogen-bond acceptors (Lipinski definition) is 1. The summed E-state index contributed by atoms with van der Waals surface area (Å²) in [5.74, 6) is -0.928. The van der Waals surface area contributed by atoms with Gasteiger partial charge in [0, 0.05) is 0 Å². The molecule has 88 valence electrons. The van der Waals surface area contributed by atoms with Crippen LogP contribution in [0.2, 0.25) is 0 Å². The van der Waals surface area contributed by atoms with Gasteiger partial charge in [-0.3, -0.25) is 0 Å². The molecule has 0 saturated carbocycles. The lowest BCUT2D eigenvalue weighted by Crippen LogP contribution is -2.07. The van der Waals surface area contributed by atoms with Crippen molar-refractivity contribution in [2.45, 2.75) is 12.6 Å². The topological polar surface area (TPSA) is 26.0 Å². The molecular formula is C11H11F4N. The Morgan fingerprint density at radius 3 is 2.38 bits per heavy atom. The summed E-state index contributed by atoms with van der Waals surface area (Å²) in [6, 6.07) is 2.35. The molecule has 16 heavy (non-hydrogen) atoms. The molecule has 0 aliphatic rings. The predicted octanol–water partition coefficient (Wildman–Crippen LogP) is 3.21. The monoisotopic (exact) mass is 233 g/mol. The SMILES string of the molecule is C=C(CCN)c1cc(F)cc(C(F)(F)F)c1. The van der Waals surface area contributed by atoms with E-state index in [-0.39, 0.29) is 12.1 Å². The summed E-state index contributed by atoms with van der Waals surface area (Å²) in [4.78, 5) is 0. The van der Waals surface area contributed by atoms with E-state index in [2.05, 4.69) is 6.58 Å². The van der Waals surface area contributed by atoms with Crippen molar-refractivity contribution in [3.8, 4) is 0 Å². The summed E-state index contributed by atoms with van der Waals surface area (Å²) in [6.45, 7) is 3.83. The highest BCUT2D eigenvalue weighted by atomic mass is 19.4. The van der Waals surface area contributed by atoms with E-state index in [0.717, 1.165) is 12.1 Å². The van der Waals surface area contributed by atoms with Crippen molar-refractivity contribution < 1.29 is 17.6 Å². The third-order valence-electron chi connectivity index (χ3n) is 2.08. The van der Waals surface area contributed by atoms with Crippen molar-refractivity contribution in [1.29, 1.82) is 0 Å². The van der Waals surface area contributed by atoms with E-state index < -0.39 is 17.6 Å². The van der Waals surface area contributed by atoms with Gasteiger partial charge >= 0.3 is 6.18 Å². The molecule has 0 spiro atoms. The second-order valence-electron chi connectivity index (χ2n) is 3.37. The predicted molar refractivity (Wildman–Crippen MR) is 54.1 cm³/mol. The average Bonchev–Trinajstić information content (AvgIpc) is 2.16. The van der Waals surface area contributed by atoms with Crippen LogP contribution in [0.3, 0.4) is 0 Å². The Kier molecular flexibility index (Phi) is 3.70. The molecule has 5 heteroatoms. The van der Waals surface area contributed by atoms with Crippen LogP contribution in [0, 0.1) is 5.82 Å². The number of halogens is 4. The summed E-state index contributed by atoms with van der Waals surface area (Å²) in [6.07, 6.45) is -4.22. The Bertz CT molecular complexity index is 395. The maximum Gasteiger partial charge on any atom is 0.416 e. The van der Waals surface area contributed by atoms with E-state index >= 15 is 0 Å². The van der Waals surface area contributed by atoms with Crippen LogP contribution >= 0.6 is 0 Å². The Morgan fingerprint density at radius 1 is 1.25 bits per heavy atom. The highest BCUT2D eigenvalue weighted by Crippen LogP contribution is 2.32. The van der Waals surface area contributed by atoms with E-state index in [1.807, 2.05) is 0 Å². The zero-order valence-electron chi connectivity index (χ0n) is 8.44. The van der Waals surface area contributed by atoms with E-state index in [1.165, 1.54) is 0 Å². The number of nitrogens with two attached hydrogens (primary N) is 1. The van der Waals surface area contributed by atoms with Gasteiger partial charge in [-0.25, -0.2) is 4.39 Å². The fourth-order valence-corrected chi connectivity index (χ4v) is 1.28. The third-order valence-corrected chi connectivity index (χ3v) is 2.08. The molecule has 1 aromatic rings. The molecule has 0 amide bonds. The molecule has 1 nitrogen and oxygen atoms in total. The normalized spacial score (nSPS) is 11.6. The van der Waals surface area contributed by atoms with Gasteiger partial charge in [0.05, 0.1) is 5.56 Å². The van der Waals surface area contributed by atoms with Crippen LogP contribution in [-0.2, 0) is 6.18 Å². The van der Waals surface area contributed by atoms with Gasteiger partial charge in [-0.2, -0.15) is 13.2 Å². The highest BCUT2D eigenvalue weighted by Gasteiger charge is 2.31. The maximum absolute atomic E-state index is 13.0. The summed E-state index contributed by atoms with van der Waals surface area (Å²) >= 11 is 0. The largest absolute Gasteiger partial charge is 0.416 e. The minimum atomic E-state index is -4.56. The summed E-state index contributed by atoms with van der Waals surface area (Å²) in [5, 5.41) is 0. The first-order chi connectivity index (χ1) is 7.34. The molecule has 0 atom stereocenters. The number of rotatable bonds is 3. The first-order valence-electron chi connectivity index (χ1n) is 4.60. The smallest absolute Gasteiger partial charge is 0.330 e. The first kappa shape index (κ1) is 12.7. The lowest BCUT2D eigenvalue weighted by molar-refractivity contribution is -0.137. The van der Waals surface area contributed by atoms with Crippen LogP contribution in [0.25, 0.3) is 5.57 Å². The third kappa shape index (κ3) is 3.06. The molecule has 0 aliphatic heterocycles. The number of benzene rings is 1. The second kappa shape index (κ2) is 4.65. The van der Waals surface area contributed by atoms with Crippen molar-refractivity contribution in [3.05, 3.63) is 41.7 Å². The van der Waals surface area contributed by atoms with Crippen molar-refractivity contribution in [3.63, 3.8) is 0 Å². The van der Waals surface area contributed by atoms with Gasteiger partial charge in [0.1, 0.15) is 5.82 Å². The Balaban J connectivity index is 3.13. The minimum Gasteiger partial charge on any atom is -0.330 e. The first-order valence-corrected chi connectivity index (χ1v) is 4.60. The van der Waals surface area contributed by atoms with Gasteiger partial charge in [0.2, 0.25) is 0 Å². The van der Waals surface area contributed by atoms with Crippen molar-refractivity contribution in [1.82, 2.24) is 0 Å². The van der Waals surface area contributed by atoms with Crippen LogP contribution in [0.4, 0.5) is 17.6 Å². The molecule has 0 fully saturated rings. The van der Waals surface area contributed by atoms with E-state index in [9.17, 15) is 17.6 Å². The van der Waals surface area contributed by atoms with Crippen LogP contribution in [0.1, 0.15) is 17.5 Å². The van der Waals surface area contributed by atoms with E-state index in [0.29, 0.717) is 18.1 Å². The quantitative estimate of drug-likeness (QED) is 0.797. The van der Waals surface area contributed by atoms with Gasteiger partial charge in [0.15, 0.2) is 0 Å². The fourth-order valence-electron chi connectivity index (χ4n) is 1.28. The van der Waals surface area contributed by atoms with Gasteiger partial charge in [0.25, 0.3) is 0 Å². The molecule has 0 radical (unpaired) electrons. The molecule has 1 aromatic carbocycles. The zero-order chi connectivity index (χ0) is 12.3. The lowest BCUT2D eigenvalue weighted by Gasteiger charge is -2.10. The Morgan fingerprint density at radius 2 is 1.88 bits per heavy atom. The highest BCUT2D eigenvalue weighted by molar-refractivity contribution is 5.64. The van der Waals surface area contributed by atoms with E-state index in [1.54, 1.807) is 0 Å². The summed E-state index contributed by atoms with van der Waals surface area (Å²) in [5.41, 5.74) is 4.77. The summed E-state index contributed by atoms with van der Waals surface area (Å²) < 4.78 is 50.1. The number of hydrogen-bond donors (Lipinski definition) is 1. The molecule has 0 unspecified atom stereocenters. The van der Waals surface area contributed by atoms with Crippen LogP contribution in [0.15, 0.2) is 24.8 Å². The van der Waals surface area contributed by atoms with Crippen molar-refractivity contribution >= 4 is 5.57 Å². The van der Waals surface area contributed by atoms with Gasteiger partial charge in [-0.15, -0.1) is 0 Å². The molecule has 0 saturated heterocycles. The molecular weight excluding hydrogens is 222 g/mol. The summed E-state index contributed by atoms with van der Waals surface area (Å²) in [7, 11) is 0. The van der Waals surface area contributed by atoms with Crippen LogP contribution in [-0.4, -0.2) is 6.54 Å². The van der Waals surface area contributed by atoms with Crippen molar-refractivity contribution in [2.75, 3.05) is 6.54 Å².